The monoisotopic (exact) mass is 342 g/mol. The first-order valence-electron chi connectivity index (χ1n) is 6.92. The molecule has 2 aromatic carbocycles. The Morgan fingerprint density at radius 2 is 1.75 bits per heavy atom. The number of hydrogen-bond acceptors (Lipinski definition) is 3. The molecule has 0 unspecified atom stereocenters. The fourth-order valence-corrected chi connectivity index (χ4v) is 2.22. The lowest BCUT2D eigenvalue weighted by atomic mass is 10.1. The molecule has 128 valence electrons. The predicted molar refractivity (Wildman–Crippen MR) is 78.8 cm³/mol. The highest BCUT2D eigenvalue weighted by atomic mass is 19.4. The maximum atomic E-state index is 13.4. The van der Waals surface area contributed by atoms with Crippen molar-refractivity contribution in [2.24, 2.45) is 0 Å². The van der Waals surface area contributed by atoms with Crippen molar-refractivity contribution in [2.75, 3.05) is 7.11 Å². The number of aldehydes is 1. The first-order valence-corrected chi connectivity index (χ1v) is 6.92. The minimum absolute atomic E-state index is 0.120. The Morgan fingerprint density at radius 1 is 1.08 bits per heavy atom. The van der Waals surface area contributed by atoms with Crippen LogP contribution >= 0.6 is 0 Å². The molecule has 0 saturated heterocycles. The Balaban J connectivity index is 2.41. The van der Waals surface area contributed by atoms with Crippen LogP contribution in [0.2, 0.25) is 0 Å². The van der Waals surface area contributed by atoms with Gasteiger partial charge in [0.15, 0.2) is 0 Å². The largest absolute Gasteiger partial charge is 0.496 e. The number of halogens is 4. The Morgan fingerprint density at radius 3 is 2.33 bits per heavy atom. The average molecular weight is 342 g/mol. The van der Waals surface area contributed by atoms with Crippen molar-refractivity contribution in [3.63, 3.8) is 0 Å². The lowest BCUT2D eigenvalue weighted by Crippen LogP contribution is -2.12. The molecule has 0 bridgehead atoms. The Labute approximate surface area is 135 Å². The average Bonchev–Trinajstić information content (AvgIpc) is 2.54. The van der Waals surface area contributed by atoms with Crippen molar-refractivity contribution in [3.8, 4) is 11.5 Å². The highest BCUT2D eigenvalue weighted by Gasteiger charge is 2.35. The summed E-state index contributed by atoms with van der Waals surface area (Å²) in [5.41, 5.74) is -0.926. The van der Waals surface area contributed by atoms with Crippen molar-refractivity contribution in [3.05, 3.63) is 58.9 Å². The second kappa shape index (κ2) is 6.90. The minimum Gasteiger partial charge on any atom is -0.496 e. The Hall–Kier alpha value is -2.57. The molecule has 0 aliphatic heterocycles. The molecule has 3 nitrogen and oxygen atoms in total. The van der Waals surface area contributed by atoms with E-state index in [2.05, 4.69) is 0 Å². The molecule has 2 aromatic rings. The van der Waals surface area contributed by atoms with Crippen LogP contribution in [0.1, 0.15) is 34.5 Å². The molecule has 0 aromatic heterocycles. The summed E-state index contributed by atoms with van der Waals surface area (Å²) in [5.74, 6) is -0.720. The van der Waals surface area contributed by atoms with E-state index in [1.54, 1.807) is 0 Å². The van der Waals surface area contributed by atoms with Gasteiger partial charge in [0.25, 0.3) is 0 Å². The van der Waals surface area contributed by atoms with Crippen molar-refractivity contribution < 1.29 is 31.8 Å². The number of carbonyl (C=O) groups excluding carboxylic acids is 1. The normalized spacial score (nSPS) is 12.6. The SMILES string of the molecule is COc1ccc(F)cc1[C@H](C)Oc1ccc(C=O)cc1C(F)(F)F. The van der Waals surface area contributed by atoms with Crippen molar-refractivity contribution in [2.45, 2.75) is 19.2 Å². The number of benzene rings is 2. The van der Waals surface area contributed by atoms with Crippen LogP contribution in [-0.4, -0.2) is 13.4 Å². The second-order valence-electron chi connectivity index (χ2n) is 5.02. The van der Waals surface area contributed by atoms with Gasteiger partial charge in [0, 0.05) is 11.1 Å². The van der Waals surface area contributed by atoms with E-state index in [9.17, 15) is 22.4 Å². The summed E-state index contributed by atoms with van der Waals surface area (Å²) in [7, 11) is 1.36. The molecule has 0 fully saturated rings. The molecule has 0 amide bonds. The summed E-state index contributed by atoms with van der Waals surface area (Å²) in [6, 6.07) is 6.66. The van der Waals surface area contributed by atoms with E-state index in [1.165, 1.54) is 32.2 Å². The molecule has 24 heavy (non-hydrogen) atoms. The standard InChI is InChI=1S/C17H14F4O3/c1-10(13-8-12(18)4-6-15(13)23-2)24-16-5-3-11(9-22)7-14(16)17(19,20)21/h3-10H,1-2H3/t10-/m0/s1. The summed E-state index contributed by atoms with van der Waals surface area (Å²) in [6.07, 6.45) is -5.28. The fraction of sp³-hybridized carbons (Fsp3) is 0.235. The van der Waals surface area contributed by atoms with E-state index in [1.807, 2.05) is 0 Å². The van der Waals surface area contributed by atoms with Gasteiger partial charge in [-0.3, -0.25) is 4.79 Å². The van der Waals surface area contributed by atoms with E-state index in [4.69, 9.17) is 9.47 Å². The third kappa shape index (κ3) is 3.84. The topological polar surface area (TPSA) is 35.5 Å². The highest BCUT2D eigenvalue weighted by molar-refractivity contribution is 5.75. The van der Waals surface area contributed by atoms with E-state index in [-0.39, 0.29) is 11.1 Å². The van der Waals surface area contributed by atoms with Gasteiger partial charge in [-0.2, -0.15) is 13.2 Å². The molecule has 0 spiro atoms. The molecule has 1 atom stereocenters. The summed E-state index contributed by atoms with van der Waals surface area (Å²) >= 11 is 0. The molecule has 0 radical (unpaired) electrons. The Kier molecular flexibility index (Phi) is 5.11. The van der Waals surface area contributed by atoms with Gasteiger partial charge >= 0.3 is 6.18 Å². The third-order valence-electron chi connectivity index (χ3n) is 3.38. The van der Waals surface area contributed by atoms with Gasteiger partial charge in [-0.15, -0.1) is 0 Å². The number of rotatable bonds is 5. The summed E-state index contributed by atoms with van der Waals surface area (Å²) in [4.78, 5) is 10.7. The molecule has 0 saturated carbocycles. The van der Waals surface area contributed by atoms with Gasteiger partial charge in [0.05, 0.1) is 12.7 Å². The number of ether oxygens (including phenoxy) is 2. The van der Waals surface area contributed by atoms with Crippen molar-refractivity contribution in [1.82, 2.24) is 0 Å². The molecular weight excluding hydrogens is 328 g/mol. The molecule has 0 N–H and O–H groups in total. The quantitative estimate of drug-likeness (QED) is 0.578. The summed E-state index contributed by atoms with van der Waals surface area (Å²) in [6.45, 7) is 1.48. The number of carbonyl (C=O) groups is 1. The van der Waals surface area contributed by atoms with E-state index in [0.717, 1.165) is 12.1 Å². The van der Waals surface area contributed by atoms with Crippen LogP contribution in [0.15, 0.2) is 36.4 Å². The zero-order valence-corrected chi connectivity index (χ0v) is 12.9. The predicted octanol–water partition coefficient (Wildman–Crippen LogP) is 4.81. The Bertz CT molecular complexity index is 741. The minimum atomic E-state index is -4.69. The van der Waals surface area contributed by atoms with Gasteiger partial charge < -0.3 is 9.47 Å². The van der Waals surface area contributed by atoms with Gasteiger partial charge in [-0.25, -0.2) is 4.39 Å². The molecule has 0 heterocycles. The van der Waals surface area contributed by atoms with Crippen LogP contribution < -0.4 is 9.47 Å². The van der Waals surface area contributed by atoms with Crippen LogP contribution in [0.5, 0.6) is 11.5 Å². The van der Waals surface area contributed by atoms with Crippen LogP contribution in [0.3, 0.4) is 0 Å². The van der Waals surface area contributed by atoms with Crippen LogP contribution in [0.25, 0.3) is 0 Å². The zero-order valence-electron chi connectivity index (χ0n) is 12.9. The smallest absolute Gasteiger partial charge is 0.419 e. The van der Waals surface area contributed by atoms with Gasteiger partial charge in [-0.05, 0) is 43.3 Å². The van der Waals surface area contributed by atoms with Gasteiger partial charge in [-0.1, -0.05) is 0 Å². The highest BCUT2D eigenvalue weighted by Crippen LogP contribution is 2.39. The zero-order chi connectivity index (χ0) is 17.9. The molecule has 2 rings (SSSR count). The van der Waals surface area contributed by atoms with Crippen molar-refractivity contribution >= 4 is 6.29 Å². The summed E-state index contributed by atoms with van der Waals surface area (Å²) < 4.78 is 63.3. The molecule has 0 aliphatic carbocycles. The first-order chi connectivity index (χ1) is 11.3. The van der Waals surface area contributed by atoms with Crippen LogP contribution in [-0.2, 0) is 6.18 Å². The number of methoxy groups -OCH3 is 1. The van der Waals surface area contributed by atoms with Crippen LogP contribution in [0.4, 0.5) is 17.6 Å². The second-order valence-corrected chi connectivity index (χ2v) is 5.02. The molecule has 0 aliphatic rings. The van der Waals surface area contributed by atoms with Gasteiger partial charge in [0.1, 0.15) is 29.7 Å². The van der Waals surface area contributed by atoms with Gasteiger partial charge in [0.2, 0.25) is 0 Å². The number of alkyl halides is 3. The van der Waals surface area contributed by atoms with Crippen molar-refractivity contribution in [1.29, 1.82) is 0 Å². The molecular formula is C17H14F4O3. The lowest BCUT2D eigenvalue weighted by molar-refractivity contribution is -0.139. The maximum Gasteiger partial charge on any atom is 0.419 e. The van der Waals surface area contributed by atoms with E-state index < -0.39 is 29.4 Å². The summed E-state index contributed by atoms with van der Waals surface area (Å²) in [5, 5.41) is 0. The third-order valence-corrected chi connectivity index (χ3v) is 3.38. The van der Waals surface area contributed by atoms with E-state index in [0.29, 0.717) is 18.1 Å². The first kappa shape index (κ1) is 17.8. The lowest BCUT2D eigenvalue weighted by Gasteiger charge is -2.21. The van der Waals surface area contributed by atoms with Crippen LogP contribution in [0, 0.1) is 5.82 Å². The maximum absolute atomic E-state index is 13.4. The number of hydrogen-bond donors (Lipinski definition) is 0. The van der Waals surface area contributed by atoms with E-state index >= 15 is 0 Å². The molecule has 7 heteroatoms. The fourth-order valence-electron chi connectivity index (χ4n) is 2.22.